The van der Waals surface area contributed by atoms with E-state index in [-0.39, 0.29) is 5.91 Å². The topological polar surface area (TPSA) is 58.4 Å². The molecule has 0 saturated heterocycles. The number of amides is 1. The van der Waals surface area contributed by atoms with Gasteiger partial charge in [-0.3, -0.25) is 4.79 Å². The first-order valence-electron chi connectivity index (χ1n) is 6.82. The minimum atomic E-state index is 0.111. The molecule has 2 rings (SSSR count). The fraction of sp³-hybridized carbons (Fsp3) is 0.533. The van der Waals surface area contributed by atoms with E-state index in [4.69, 9.17) is 5.73 Å². The number of nitrogens with one attached hydrogen (secondary N) is 1. The van der Waals surface area contributed by atoms with Gasteiger partial charge in [0.25, 0.3) is 0 Å². The summed E-state index contributed by atoms with van der Waals surface area (Å²) in [6.45, 7) is 2.84. The van der Waals surface area contributed by atoms with Crippen LogP contribution in [0.15, 0.2) is 18.2 Å². The Kier molecular flexibility index (Phi) is 4.22. The third-order valence-electron chi connectivity index (χ3n) is 3.83. The highest BCUT2D eigenvalue weighted by atomic mass is 16.1. The van der Waals surface area contributed by atoms with E-state index >= 15 is 0 Å². The number of carbonyl (C=O) groups is 1. The summed E-state index contributed by atoms with van der Waals surface area (Å²) >= 11 is 0. The van der Waals surface area contributed by atoms with Crippen molar-refractivity contribution in [1.29, 1.82) is 0 Å². The molecule has 1 aromatic carbocycles. The molecule has 3 N–H and O–H groups in total. The third kappa shape index (κ3) is 2.96. The summed E-state index contributed by atoms with van der Waals surface area (Å²) in [5.74, 6) is 0.506. The van der Waals surface area contributed by atoms with Crippen molar-refractivity contribution >= 4 is 11.6 Å². The molecule has 0 spiro atoms. The van der Waals surface area contributed by atoms with E-state index in [0.29, 0.717) is 24.9 Å². The molecular formula is C15H23N3O. The van der Waals surface area contributed by atoms with E-state index in [9.17, 15) is 4.79 Å². The molecule has 0 bridgehead atoms. The van der Waals surface area contributed by atoms with E-state index < -0.39 is 0 Å². The molecule has 4 nitrogen and oxygen atoms in total. The number of hydrogen-bond donors (Lipinski definition) is 2. The summed E-state index contributed by atoms with van der Waals surface area (Å²) in [6.07, 6.45) is 1.40. The molecule has 0 saturated carbocycles. The molecule has 1 aliphatic heterocycles. The zero-order valence-electron chi connectivity index (χ0n) is 11.9. The van der Waals surface area contributed by atoms with Crippen LogP contribution in [-0.4, -0.2) is 31.4 Å². The second-order valence-electron chi connectivity index (χ2n) is 5.59. The van der Waals surface area contributed by atoms with Crippen LogP contribution in [0, 0.1) is 5.92 Å². The van der Waals surface area contributed by atoms with Gasteiger partial charge in [0, 0.05) is 18.2 Å². The Bertz CT molecular complexity index is 470. The zero-order valence-corrected chi connectivity index (χ0v) is 11.9. The van der Waals surface area contributed by atoms with Gasteiger partial charge in [-0.1, -0.05) is 19.1 Å². The largest absolute Gasteiger partial charge is 0.330 e. The van der Waals surface area contributed by atoms with E-state index in [1.807, 2.05) is 6.07 Å². The maximum Gasteiger partial charge on any atom is 0.224 e. The second kappa shape index (κ2) is 5.72. The average Bonchev–Trinajstić information content (AvgIpc) is 2.38. The summed E-state index contributed by atoms with van der Waals surface area (Å²) in [5, 5.41) is 2.92. The van der Waals surface area contributed by atoms with Crippen LogP contribution in [0.5, 0.6) is 0 Å². The lowest BCUT2D eigenvalue weighted by molar-refractivity contribution is -0.116. The number of benzene rings is 1. The van der Waals surface area contributed by atoms with Gasteiger partial charge in [0.05, 0.1) is 0 Å². The molecule has 19 heavy (non-hydrogen) atoms. The van der Waals surface area contributed by atoms with Crippen molar-refractivity contribution in [3.05, 3.63) is 29.3 Å². The summed E-state index contributed by atoms with van der Waals surface area (Å²) in [4.78, 5) is 13.6. The quantitative estimate of drug-likeness (QED) is 0.868. The molecule has 0 fully saturated rings. The van der Waals surface area contributed by atoms with Crippen LogP contribution < -0.4 is 11.1 Å². The van der Waals surface area contributed by atoms with E-state index in [1.54, 1.807) is 0 Å². The highest BCUT2D eigenvalue weighted by Crippen LogP contribution is 2.31. The molecule has 0 radical (unpaired) electrons. The van der Waals surface area contributed by atoms with Crippen LogP contribution in [0.4, 0.5) is 5.69 Å². The lowest BCUT2D eigenvalue weighted by Crippen LogP contribution is -2.30. The molecule has 1 heterocycles. The summed E-state index contributed by atoms with van der Waals surface area (Å²) in [6, 6.07) is 6.64. The molecule has 1 aliphatic rings. The number of rotatable bonds is 4. The van der Waals surface area contributed by atoms with Gasteiger partial charge in [0.1, 0.15) is 0 Å². The van der Waals surface area contributed by atoms with Gasteiger partial charge in [-0.15, -0.1) is 0 Å². The van der Waals surface area contributed by atoms with Crippen LogP contribution in [0.1, 0.15) is 30.5 Å². The third-order valence-corrected chi connectivity index (χ3v) is 3.83. The maximum atomic E-state index is 11.4. The van der Waals surface area contributed by atoms with E-state index in [2.05, 4.69) is 43.4 Å². The molecule has 104 valence electrons. The number of nitrogens with two attached hydrogens (primary N) is 1. The summed E-state index contributed by atoms with van der Waals surface area (Å²) in [7, 11) is 4.16. The predicted molar refractivity (Wildman–Crippen MR) is 78.0 cm³/mol. The smallest absolute Gasteiger partial charge is 0.224 e. The van der Waals surface area contributed by atoms with Crippen molar-refractivity contribution in [2.75, 3.05) is 26.0 Å². The van der Waals surface area contributed by atoms with Crippen molar-refractivity contribution in [2.24, 2.45) is 11.7 Å². The van der Waals surface area contributed by atoms with Crippen molar-refractivity contribution in [3.8, 4) is 0 Å². The molecule has 2 unspecified atom stereocenters. The monoisotopic (exact) mass is 261 g/mol. The molecular weight excluding hydrogens is 238 g/mol. The van der Waals surface area contributed by atoms with Gasteiger partial charge in [-0.25, -0.2) is 0 Å². The van der Waals surface area contributed by atoms with Crippen LogP contribution in [0.2, 0.25) is 0 Å². The lowest BCUT2D eigenvalue weighted by Gasteiger charge is -2.31. The number of aryl methyl sites for hydroxylation is 1. The maximum absolute atomic E-state index is 11.4. The molecule has 4 heteroatoms. The van der Waals surface area contributed by atoms with E-state index in [1.165, 1.54) is 11.1 Å². The highest BCUT2D eigenvalue weighted by molar-refractivity contribution is 5.93. The Balaban J connectivity index is 2.32. The first kappa shape index (κ1) is 14.0. The van der Waals surface area contributed by atoms with Gasteiger partial charge >= 0.3 is 0 Å². The fourth-order valence-corrected chi connectivity index (χ4v) is 2.85. The van der Waals surface area contributed by atoms with E-state index in [0.717, 1.165) is 12.1 Å². The standard InChI is InChI=1S/C15H23N3O/c1-10(9-16)15(18(2)3)12-4-6-13-11(8-12)5-7-14(19)17-13/h4,6,8,10,15H,5,7,9,16H2,1-3H3,(H,17,19). The van der Waals surface area contributed by atoms with Crippen molar-refractivity contribution in [2.45, 2.75) is 25.8 Å². The van der Waals surface area contributed by atoms with Crippen molar-refractivity contribution in [1.82, 2.24) is 4.90 Å². The second-order valence-corrected chi connectivity index (χ2v) is 5.59. The van der Waals surface area contributed by atoms with Gasteiger partial charge in [-0.2, -0.15) is 0 Å². The van der Waals surface area contributed by atoms with Crippen molar-refractivity contribution < 1.29 is 4.79 Å². The zero-order chi connectivity index (χ0) is 14.0. The molecule has 2 atom stereocenters. The van der Waals surface area contributed by atoms with Gasteiger partial charge < -0.3 is 16.0 Å². The average molecular weight is 261 g/mol. The first-order chi connectivity index (χ1) is 9.02. The van der Waals surface area contributed by atoms with Gasteiger partial charge in [-0.05, 0) is 50.2 Å². The predicted octanol–water partition coefficient (Wildman–Crippen LogP) is 1.77. The number of carbonyl (C=O) groups excluding carboxylic acids is 1. The van der Waals surface area contributed by atoms with Crippen LogP contribution in [-0.2, 0) is 11.2 Å². The lowest BCUT2D eigenvalue weighted by atomic mass is 9.90. The Labute approximate surface area is 115 Å². The van der Waals surface area contributed by atoms with Crippen LogP contribution >= 0.6 is 0 Å². The SMILES string of the molecule is CC(CN)C(c1ccc2c(c1)CCC(=O)N2)N(C)C. The number of anilines is 1. The minimum Gasteiger partial charge on any atom is -0.330 e. The Morgan fingerprint density at radius 2 is 2.11 bits per heavy atom. The molecule has 1 amide bonds. The Morgan fingerprint density at radius 3 is 2.74 bits per heavy atom. The molecule has 0 aliphatic carbocycles. The van der Waals surface area contributed by atoms with Gasteiger partial charge in [0.15, 0.2) is 0 Å². The van der Waals surface area contributed by atoms with Gasteiger partial charge in [0.2, 0.25) is 5.91 Å². The summed E-state index contributed by atoms with van der Waals surface area (Å²) in [5.41, 5.74) is 9.28. The Morgan fingerprint density at radius 1 is 1.37 bits per heavy atom. The normalized spacial score (nSPS) is 17.8. The fourth-order valence-electron chi connectivity index (χ4n) is 2.85. The number of hydrogen-bond acceptors (Lipinski definition) is 3. The highest BCUT2D eigenvalue weighted by Gasteiger charge is 2.22. The molecule has 0 aromatic heterocycles. The number of nitrogens with zero attached hydrogens (tertiary/aromatic N) is 1. The van der Waals surface area contributed by atoms with Crippen LogP contribution in [0.3, 0.4) is 0 Å². The minimum absolute atomic E-state index is 0.111. The first-order valence-corrected chi connectivity index (χ1v) is 6.82. The summed E-state index contributed by atoms with van der Waals surface area (Å²) < 4.78 is 0. The number of fused-ring (bicyclic) bond motifs is 1. The Hall–Kier alpha value is -1.39. The van der Waals surface area contributed by atoms with Crippen LogP contribution in [0.25, 0.3) is 0 Å². The van der Waals surface area contributed by atoms with Crippen molar-refractivity contribution in [3.63, 3.8) is 0 Å². The molecule has 1 aromatic rings.